The number of halogens is 1. The molecule has 3 saturated heterocycles. The van der Waals surface area contributed by atoms with Gasteiger partial charge in [0.05, 0.1) is 16.7 Å². The van der Waals surface area contributed by atoms with E-state index in [0.29, 0.717) is 25.2 Å². The Morgan fingerprint density at radius 3 is 2.67 bits per heavy atom. The number of benzene rings is 1. The number of hydrogen-bond acceptors (Lipinski definition) is 4. The van der Waals surface area contributed by atoms with E-state index in [0.717, 1.165) is 12.8 Å². The van der Waals surface area contributed by atoms with Gasteiger partial charge in [-0.15, -0.1) is 0 Å². The van der Waals surface area contributed by atoms with E-state index in [-0.39, 0.29) is 27.8 Å². The number of carbonyl (C=O) groups excluding carboxylic acids is 1. The number of nitrogens with zero attached hydrogens (tertiary/aromatic N) is 3. The molecular formula is C16H18ClN3O3S. The third-order valence-corrected chi connectivity index (χ3v) is 7.16. The fourth-order valence-corrected chi connectivity index (χ4v) is 5.74. The van der Waals surface area contributed by atoms with E-state index >= 15 is 0 Å². The molecule has 24 heavy (non-hydrogen) atoms. The zero-order valence-corrected chi connectivity index (χ0v) is 14.8. The van der Waals surface area contributed by atoms with E-state index in [9.17, 15) is 13.2 Å². The van der Waals surface area contributed by atoms with Gasteiger partial charge >= 0.3 is 0 Å². The predicted molar refractivity (Wildman–Crippen MR) is 88.8 cm³/mol. The molecule has 3 heterocycles. The Labute approximate surface area is 146 Å². The highest BCUT2D eigenvalue weighted by atomic mass is 35.5. The largest absolute Gasteiger partial charge is 0.341 e. The van der Waals surface area contributed by atoms with Crippen LogP contribution in [0.5, 0.6) is 0 Å². The van der Waals surface area contributed by atoms with Crippen LogP contribution in [0.4, 0.5) is 0 Å². The number of fused-ring (bicyclic) bond motifs is 4. The van der Waals surface area contributed by atoms with Crippen molar-refractivity contribution < 1.29 is 13.2 Å². The van der Waals surface area contributed by atoms with Crippen LogP contribution in [0.15, 0.2) is 23.1 Å². The summed E-state index contributed by atoms with van der Waals surface area (Å²) >= 11 is 6.11. The molecule has 3 aliphatic rings. The van der Waals surface area contributed by atoms with Crippen molar-refractivity contribution in [3.05, 3.63) is 28.8 Å². The molecule has 1 amide bonds. The minimum Gasteiger partial charge on any atom is -0.341 e. The lowest BCUT2D eigenvalue weighted by atomic mass is 9.97. The fraction of sp³-hybridized carbons (Fsp3) is 0.500. The minimum atomic E-state index is -3.77. The third kappa shape index (κ3) is 3.02. The Hall–Kier alpha value is -1.62. The Balaban J connectivity index is 1.96. The van der Waals surface area contributed by atoms with E-state index in [1.807, 2.05) is 6.07 Å². The van der Waals surface area contributed by atoms with Crippen LogP contribution in [0.1, 0.15) is 25.3 Å². The van der Waals surface area contributed by atoms with Crippen molar-refractivity contribution in [2.75, 3.05) is 19.6 Å². The molecule has 8 heteroatoms. The molecule has 3 aliphatic heterocycles. The summed E-state index contributed by atoms with van der Waals surface area (Å²) in [6.45, 7) is 2.92. The molecule has 128 valence electrons. The lowest BCUT2D eigenvalue weighted by Crippen LogP contribution is -2.47. The van der Waals surface area contributed by atoms with Crippen LogP contribution in [0.2, 0.25) is 5.02 Å². The van der Waals surface area contributed by atoms with Crippen LogP contribution in [-0.2, 0) is 14.8 Å². The second kappa shape index (κ2) is 6.36. The molecule has 4 rings (SSSR count). The van der Waals surface area contributed by atoms with Gasteiger partial charge < -0.3 is 4.90 Å². The maximum Gasteiger partial charge on any atom is 0.244 e. The summed E-state index contributed by atoms with van der Waals surface area (Å²) in [6, 6.07) is 5.92. The predicted octanol–water partition coefficient (Wildman–Crippen LogP) is 1.84. The highest BCUT2D eigenvalue weighted by Gasteiger charge is 2.42. The fourth-order valence-electron chi connectivity index (χ4n) is 3.50. The molecule has 0 radical (unpaired) electrons. The molecule has 0 N–H and O–H groups in total. The summed E-state index contributed by atoms with van der Waals surface area (Å²) in [6.07, 6.45) is 1.66. The van der Waals surface area contributed by atoms with Crippen LogP contribution < -0.4 is 0 Å². The van der Waals surface area contributed by atoms with E-state index in [1.165, 1.54) is 29.4 Å². The first-order valence-electron chi connectivity index (χ1n) is 7.80. The van der Waals surface area contributed by atoms with Crippen molar-refractivity contribution in [2.45, 2.75) is 30.7 Å². The number of nitriles is 1. The highest BCUT2D eigenvalue weighted by molar-refractivity contribution is 7.89. The van der Waals surface area contributed by atoms with Crippen molar-refractivity contribution in [2.24, 2.45) is 5.92 Å². The summed E-state index contributed by atoms with van der Waals surface area (Å²) < 4.78 is 27.6. The molecule has 2 bridgehead atoms. The molecule has 3 fully saturated rings. The van der Waals surface area contributed by atoms with Gasteiger partial charge in [0.1, 0.15) is 4.90 Å². The van der Waals surface area contributed by atoms with Crippen molar-refractivity contribution in [3.8, 4) is 6.07 Å². The molecule has 2 atom stereocenters. The number of carbonyl (C=O) groups is 1. The maximum absolute atomic E-state index is 13.1. The molecule has 1 aromatic carbocycles. The van der Waals surface area contributed by atoms with Gasteiger partial charge in [-0.1, -0.05) is 11.6 Å². The summed E-state index contributed by atoms with van der Waals surface area (Å²) in [5, 5.41) is 8.96. The normalized spacial score (nSPS) is 24.5. The zero-order chi connectivity index (χ0) is 17.5. The molecule has 0 saturated carbocycles. The summed E-state index contributed by atoms with van der Waals surface area (Å²) in [5.41, 5.74) is 0.319. The van der Waals surface area contributed by atoms with Crippen molar-refractivity contribution in [1.29, 1.82) is 5.26 Å². The maximum atomic E-state index is 13.1. The average molecular weight is 368 g/mol. The Morgan fingerprint density at radius 1 is 1.29 bits per heavy atom. The monoisotopic (exact) mass is 367 g/mol. The van der Waals surface area contributed by atoms with Crippen LogP contribution in [0, 0.1) is 17.2 Å². The number of sulfonamides is 1. The quantitative estimate of drug-likeness (QED) is 0.798. The standard InChI is InChI=1S/C16H18ClN3O3S/c1-11(21)19-8-13-2-4-14(10-19)20(9-13)24(22,23)16-5-3-12(7-18)6-15(16)17/h3,5-6,13-14H,2,4,8-10H2,1H3/t13-,14+/m0/s1. The first-order valence-corrected chi connectivity index (χ1v) is 9.61. The van der Waals surface area contributed by atoms with Crippen molar-refractivity contribution >= 4 is 27.5 Å². The molecule has 1 aromatic rings. The van der Waals surface area contributed by atoms with E-state index < -0.39 is 10.0 Å². The highest BCUT2D eigenvalue weighted by Crippen LogP contribution is 2.34. The number of piperidine rings is 1. The third-order valence-electron chi connectivity index (χ3n) is 4.76. The van der Waals surface area contributed by atoms with Crippen LogP contribution in [0.3, 0.4) is 0 Å². The van der Waals surface area contributed by atoms with Gasteiger partial charge in [0.2, 0.25) is 15.9 Å². The van der Waals surface area contributed by atoms with Gasteiger partial charge in [0, 0.05) is 32.6 Å². The van der Waals surface area contributed by atoms with Gasteiger partial charge in [0.25, 0.3) is 0 Å². The van der Waals surface area contributed by atoms with Gasteiger partial charge in [-0.2, -0.15) is 9.57 Å². The number of hydrogen-bond donors (Lipinski definition) is 0. The van der Waals surface area contributed by atoms with Gasteiger partial charge in [-0.3, -0.25) is 4.79 Å². The Bertz CT molecular complexity index is 818. The topological polar surface area (TPSA) is 81.5 Å². The lowest BCUT2D eigenvalue weighted by molar-refractivity contribution is -0.129. The average Bonchev–Trinajstić information content (AvgIpc) is 2.86. The summed E-state index contributed by atoms with van der Waals surface area (Å²) in [4.78, 5) is 13.5. The molecule has 6 nitrogen and oxygen atoms in total. The van der Waals surface area contributed by atoms with Crippen LogP contribution in [-0.4, -0.2) is 49.2 Å². The SMILES string of the molecule is CC(=O)N1C[C@@H]2CC[C@H](C1)N(S(=O)(=O)c1ccc(C#N)cc1Cl)C2. The summed E-state index contributed by atoms with van der Waals surface area (Å²) in [5.74, 6) is 0.113. The Kier molecular flexibility index (Phi) is 4.56. The van der Waals surface area contributed by atoms with Crippen LogP contribution in [0.25, 0.3) is 0 Å². The summed E-state index contributed by atoms with van der Waals surface area (Å²) in [7, 11) is -3.77. The van der Waals surface area contributed by atoms with Gasteiger partial charge in [-0.05, 0) is 37.0 Å². The first-order chi connectivity index (χ1) is 11.3. The zero-order valence-electron chi connectivity index (χ0n) is 13.3. The van der Waals surface area contributed by atoms with E-state index in [1.54, 1.807) is 4.90 Å². The second-order valence-electron chi connectivity index (χ2n) is 6.35. The van der Waals surface area contributed by atoms with E-state index in [2.05, 4.69) is 0 Å². The van der Waals surface area contributed by atoms with E-state index in [4.69, 9.17) is 16.9 Å². The van der Waals surface area contributed by atoms with Gasteiger partial charge in [-0.25, -0.2) is 8.42 Å². The first kappa shape index (κ1) is 17.2. The number of amides is 1. The molecular weight excluding hydrogens is 350 g/mol. The molecule has 0 unspecified atom stereocenters. The molecule has 0 aromatic heterocycles. The molecule has 0 spiro atoms. The smallest absolute Gasteiger partial charge is 0.244 e. The van der Waals surface area contributed by atoms with Crippen molar-refractivity contribution in [1.82, 2.24) is 9.21 Å². The van der Waals surface area contributed by atoms with Crippen molar-refractivity contribution in [3.63, 3.8) is 0 Å². The Morgan fingerprint density at radius 2 is 2.04 bits per heavy atom. The van der Waals surface area contributed by atoms with Crippen LogP contribution >= 0.6 is 11.6 Å². The van der Waals surface area contributed by atoms with Gasteiger partial charge in [0.15, 0.2) is 0 Å². The number of rotatable bonds is 2. The minimum absolute atomic E-state index is 0.0186. The second-order valence-corrected chi connectivity index (χ2v) is 8.62. The lowest BCUT2D eigenvalue weighted by Gasteiger charge is -2.35. The molecule has 0 aliphatic carbocycles.